The Labute approximate surface area is 172 Å². The van der Waals surface area contributed by atoms with Crippen LogP contribution in [0.25, 0.3) is 16.8 Å². The van der Waals surface area contributed by atoms with Gasteiger partial charge in [0, 0.05) is 31.5 Å². The van der Waals surface area contributed by atoms with Crippen LogP contribution < -0.4 is 10.6 Å². The van der Waals surface area contributed by atoms with Gasteiger partial charge in [-0.15, -0.1) is 0 Å². The number of aromatic nitrogens is 3. The smallest absolute Gasteiger partial charge is 0.224 e. The molecule has 1 aromatic carbocycles. The van der Waals surface area contributed by atoms with E-state index in [4.69, 9.17) is 4.98 Å². The summed E-state index contributed by atoms with van der Waals surface area (Å²) in [6.07, 6.45) is 11.7. The average Bonchev–Trinajstić information content (AvgIpc) is 2.80. The van der Waals surface area contributed by atoms with Crippen molar-refractivity contribution in [2.75, 3.05) is 24.2 Å². The molecule has 5 nitrogen and oxygen atoms in total. The molecule has 0 spiro atoms. The maximum atomic E-state index is 4.69. The Morgan fingerprint density at radius 1 is 0.966 bits per heavy atom. The second-order valence-corrected chi connectivity index (χ2v) is 7.24. The average molecular weight is 386 g/mol. The van der Waals surface area contributed by atoms with Crippen LogP contribution in [0.2, 0.25) is 0 Å². The number of nitrogens with zero attached hydrogens (tertiary/aromatic N) is 3. The molecule has 3 aromatic rings. The highest BCUT2D eigenvalue weighted by Gasteiger charge is 2.17. The van der Waals surface area contributed by atoms with Crippen molar-refractivity contribution in [1.29, 1.82) is 0 Å². The van der Waals surface area contributed by atoms with Gasteiger partial charge in [-0.25, -0.2) is 4.98 Å². The summed E-state index contributed by atoms with van der Waals surface area (Å²) in [6.45, 7) is 0.786. The molecule has 1 aliphatic carbocycles. The van der Waals surface area contributed by atoms with Crippen molar-refractivity contribution in [3.05, 3.63) is 72.1 Å². The van der Waals surface area contributed by atoms with E-state index in [1.54, 1.807) is 0 Å². The molecular formula is C24H27N5. The summed E-state index contributed by atoms with van der Waals surface area (Å²) < 4.78 is 0. The Morgan fingerprint density at radius 2 is 1.86 bits per heavy atom. The lowest BCUT2D eigenvalue weighted by molar-refractivity contribution is 0.742. The van der Waals surface area contributed by atoms with Crippen LogP contribution in [0.5, 0.6) is 0 Å². The monoisotopic (exact) mass is 385 g/mol. The summed E-state index contributed by atoms with van der Waals surface area (Å²) in [5, 5.41) is 6.55. The number of rotatable bonds is 7. The van der Waals surface area contributed by atoms with Crippen molar-refractivity contribution >= 4 is 17.3 Å². The summed E-state index contributed by atoms with van der Waals surface area (Å²) >= 11 is 0. The van der Waals surface area contributed by atoms with Crippen LogP contribution in [-0.2, 0) is 6.42 Å². The van der Waals surface area contributed by atoms with Crippen LogP contribution >= 0.6 is 0 Å². The van der Waals surface area contributed by atoms with Crippen LogP contribution in [0.15, 0.2) is 60.9 Å². The minimum absolute atomic E-state index is 0.628. The molecule has 2 aromatic heterocycles. The molecule has 5 heteroatoms. The summed E-state index contributed by atoms with van der Waals surface area (Å²) in [6, 6.07) is 14.6. The summed E-state index contributed by atoms with van der Waals surface area (Å²) in [5.41, 5.74) is 5.75. The minimum atomic E-state index is 0.628. The third-order valence-corrected chi connectivity index (χ3v) is 5.26. The number of hydrogen-bond acceptors (Lipinski definition) is 5. The Morgan fingerprint density at radius 3 is 2.66 bits per heavy atom. The van der Waals surface area contributed by atoms with E-state index in [0.717, 1.165) is 42.9 Å². The fraction of sp³-hybridized carbons (Fsp3) is 0.292. The molecule has 0 unspecified atom stereocenters. The SMILES string of the molecule is CNc1nc(NCCc2ccccc2)ncc1-c1ncccc1C1=CCCCC1. The first-order chi connectivity index (χ1) is 14.3. The fourth-order valence-corrected chi connectivity index (χ4v) is 3.76. The molecule has 2 heterocycles. The number of allylic oxidation sites excluding steroid dienone is 2. The molecule has 0 amide bonds. The lowest BCUT2D eigenvalue weighted by atomic mass is 9.91. The summed E-state index contributed by atoms with van der Waals surface area (Å²) in [4.78, 5) is 13.9. The van der Waals surface area contributed by atoms with Gasteiger partial charge in [0.1, 0.15) is 5.82 Å². The first-order valence-corrected chi connectivity index (χ1v) is 10.3. The molecule has 1 aliphatic rings. The van der Waals surface area contributed by atoms with Crippen LogP contribution in [0.3, 0.4) is 0 Å². The molecule has 0 saturated carbocycles. The Hall–Kier alpha value is -3.21. The van der Waals surface area contributed by atoms with E-state index in [2.05, 4.69) is 57.0 Å². The first kappa shape index (κ1) is 19.1. The zero-order valence-electron chi connectivity index (χ0n) is 16.9. The van der Waals surface area contributed by atoms with Gasteiger partial charge in [0.25, 0.3) is 0 Å². The van der Waals surface area contributed by atoms with Crippen LogP contribution in [0.1, 0.15) is 36.8 Å². The van der Waals surface area contributed by atoms with Crippen molar-refractivity contribution in [1.82, 2.24) is 15.0 Å². The van der Waals surface area contributed by atoms with Crippen molar-refractivity contribution in [2.45, 2.75) is 32.1 Å². The van der Waals surface area contributed by atoms with Gasteiger partial charge in [-0.2, -0.15) is 4.98 Å². The molecule has 0 aliphatic heterocycles. The second-order valence-electron chi connectivity index (χ2n) is 7.24. The zero-order chi connectivity index (χ0) is 19.9. The van der Waals surface area contributed by atoms with Gasteiger partial charge in [0.15, 0.2) is 0 Å². The maximum absolute atomic E-state index is 4.69. The van der Waals surface area contributed by atoms with Gasteiger partial charge < -0.3 is 10.6 Å². The molecule has 0 saturated heterocycles. The van der Waals surface area contributed by atoms with Crippen molar-refractivity contribution in [3.8, 4) is 11.3 Å². The quantitative estimate of drug-likeness (QED) is 0.586. The predicted molar refractivity (Wildman–Crippen MR) is 120 cm³/mol. The topological polar surface area (TPSA) is 62.7 Å². The van der Waals surface area contributed by atoms with E-state index < -0.39 is 0 Å². The van der Waals surface area contributed by atoms with E-state index in [1.807, 2.05) is 31.6 Å². The number of hydrogen-bond donors (Lipinski definition) is 2. The molecule has 0 fully saturated rings. The van der Waals surface area contributed by atoms with Gasteiger partial charge in [-0.05, 0) is 49.3 Å². The van der Waals surface area contributed by atoms with E-state index >= 15 is 0 Å². The van der Waals surface area contributed by atoms with E-state index in [0.29, 0.717) is 5.95 Å². The van der Waals surface area contributed by atoms with E-state index in [9.17, 15) is 0 Å². The van der Waals surface area contributed by atoms with E-state index in [1.165, 1.54) is 29.5 Å². The van der Waals surface area contributed by atoms with Gasteiger partial charge in [-0.3, -0.25) is 4.98 Å². The van der Waals surface area contributed by atoms with Crippen LogP contribution in [0, 0.1) is 0 Å². The Kier molecular flexibility index (Phi) is 6.15. The highest BCUT2D eigenvalue weighted by Crippen LogP contribution is 2.35. The normalized spacial score (nSPS) is 13.6. The molecule has 148 valence electrons. The molecule has 29 heavy (non-hydrogen) atoms. The standard InChI is InChI=1S/C24H27N5/c1-25-23-21(22-20(13-8-15-26-22)19-11-6-3-7-12-19)17-28-24(29-23)27-16-14-18-9-4-2-5-10-18/h2,4-5,8-11,13,15,17H,3,6-7,12,14,16H2,1H3,(H2,25,27,28,29). The summed E-state index contributed by atoms with van der Waals surface area (Å²) in [7, 11) is 1.89. The third-order valence-electron chi connectivity index (χ3n) is 5.26. The van der Waals surface area contributed by atoms with Gasteiger partial charge >= 0.3 is 0 Å². The lowest BCUT2D eigenvalue weighted by Crippen LogP contribution is -2.10. The number of pyridine rings is 1. The van der Waals surface area contributed by atoms with E-state index in [-0.39, 0.29) is 0 Å². The van der Waals surface area contributed by atoms with Crippen molar-refractivity contribution in [2.24, 2.45) is 0 Å². The van der Waals surface area contributed by atoms with Gasteiger partial charge in [0.05, 0.1) is 11.3 Å². The number of benzene rings is 1. The Balaban J connectivity index is 1.55. The molecule has 0 atom stereocenters. The van der Waals surface area contributed by atoms with Crippen molar-refractivity contribution < 1.29 is 0 Å². The molecule has 2 N–H and O–H groups in total. The fourth-order valence-electron chi connectivity index (χ4n) is 3.76. The second kappa shape index (κ2) is 9.32. The first-order valence-electron chi connectivity index (χ1n) is 10.3. The summed E-state index contributed by atoms with van der Waals surface area (Å²) in [5.74, 6) is 1.42. The molecular weight excluding hydrogens is 358 g/mol. The minimum Gasteiger partial charge on any atom is -0.372 e. The third kappa shape index (κ3) is 4.62. The lowest BCUT2D eigenvalue weighted by Gasteiger charge is -2.17. The number of anilines is 2. The van der Waals surface area contributed by atoms with Gasteiger partial charge in [0.2, 0.25) is 5.95 Å². The Bertz CT molecular complexity index is 982. The molecule has 0 radical (unpaired) electrons. The van der Waals surface area contributed by atoms with Crippen LogP contribution in [-0.4, -0.2) is 28.5 Å². The largest absolute Gasteiger partial charge is 0.372 e. The molecule has 4 rings (SSSR count). The highest BCUT2D eigenvalue weighted by molar-refractivity contribution is 5.83. The zero-order valence-corrected chi connectivity index (χ0v) is 16.9. The van der Waals surface area contributed by atoms with Gasteiger partial charge in [-0.1, -0.05) is 42.5 Å². The maximum Gasteiger partial charge on any atom is 0.224 e. The predicted octanol–water partition coefficient (Wildman–Crippen LogP) is 5.19. The number of nitrogens with one attached hydrogen (secondary N) is 2. The van der Waals surface area contributed by atoms with Crippen LogP contribution in [0.4, 0.5) is 11.8 Å². The van der Waals surface area contributed by atoms with Crippen molar-refractivity contribution in [3.63, 3.8) is 0 Å². The molecule has 0 bridgehead atoms. The highest BCUT2D eigenvalue weighted by atomic mass is 15.1.